The first-order valence-corrected chi connectivity index (χ1v) is 9.26. The molecule has 2 atom stereocenters. The van der Waals surface area contributed by atoms with E-state index < -0.39 is 15.7 Å². The largest absolute Gasteiger partial charge is 0.377 e. The normalized spacial score (nSPS) is 17.8. The van der Waals surface area contributed by atoms with E-state index in [9.17, 15) is 14.3 Å². The van der Waals surface area contributed by atoms with Crippen molar-refractivity contribution in [2.24, 2.45) is 0 Å². The second-order valence-corrected chi connectivity index (χ2v) is 7.66. The molecule has 0 radical (unpaired) electrons. The van der Waals surface area contributed by atoms with Crippen LogP contribution in [0.2, 0.25) is 0 Å². The van der Waals surface area contributed by atoms with Gasteiger partial charge in [-0.15, -0.1) is 0 Å². The molecule has 0 aromatic heterocycles. The van der Waals surface area contributed by atoms with E-state index in [4.69, 9.17) is 0 Å². The zero-order valence-electron chi connectivity index (χ0n) is 14.2. The fraction of sp³-hybridized carbons (Fsp3) is 0.263. The molecule has 0 fully saturated rings. The first-order valence-electron chi connectivity index (χ1n) is 8.11. The van der Waals surface area contributed by atoms with Crippen molar-refractivity contribution in [3.05, 3.63) is 75.2 Å². The lowest BCUT2D eigenvalue weighted by Gasteiger charge is -2.20. The highest BCUT2D eigenvalue weighted by molar-refractivity contribution is 7.89. The number of benzene rings is 2. The lowest BCUT2D eigenvalue weighted by atomic mass is 9.98. The summed E-state index contributed by atoms with van der Waals surface area (Å²) in [5, 5.41) is 10.8. The summed E-state index contributed by atoms with van der Waals surface area (Å²) in [5.74, 6) is 0.0388. The zero-order valence-corrected chi connectivity index (χ0v) is 15.0. The van der Waals surface area contributed by atoms with E-state index in [1.165, 1.54) is 12.1 Å². The van der Waals surface area contributed by atoms with E-state index in [0.29, 0.717) is 0 Å². The van der Waals surface area contributed by atoms with E-state index in [2.05, 4.69) is 6.08 Å². The molecular formula is C19H20N2O3S. The predicted octanol–water partition coefficient (Wildman–Crippen LogP) is 4.23. The first-order chi connectivity index (χ1) is 12.0. The second-order valence-electron chi connectivity index (χ2n) is 6.22. The molecule has 0 N–H and O–H groups in total. The molecule has 3 rings (SSSR count). The monoisotopic (exact) mass is 356 g/mol. The SMILES string of the molecule is CN(C)c1ccccc1S(=O)C1=CCC[C@H]1c1ccc([N+](=O)[O-])cc1. The lowest BCUT2D eigenvalue weighted by molar-refractivity contribution is -0.384. The van der Waals surface area contributed by atoms with Gasteiger partial charge in [-0.25, -0.2) is 4.21 Å². The quantitative estimate of drug-likeness (QED) is 0.594. The minimum Gasteiger partial charge on any atom is -0.377 e. The number of nitrogens with zero attached hydrogens (tertiary/aromatic N) is 2. The summed E-state index contributed by atoms with van der Waals surface area (Å²) in [6, 6.07) is 14.3. The number of non-ortho nitro benzene ring substituents is 1. The predicted molar refractivity (Wildman–Crippen MR) is 100 cm³/mol. The van der Waals surface area contributed by atoms with Crippen LogP contribution in [0.5, 0.6) is 0 Å². The van der Waals surface area contributed by atoms with Crippen molar-refractivity contribution >= 4 is 22.2 Å². The number of hydrogen-bond donors (Lipinski definition) is 0. The maximum Gasteiger partial charge on any atom is 0.269 e. The molecule has 1 aliphatic rings. The Hall–Kier alpha value is -2.47. The molecule has 0 saturated heterocycles. The van der Waals surface area contributed by atoms with Crippen LogP contribution in [0.3, 0.4) is 0 Å². The molecule has 0 bridgehead atoms. The number of hydrogen-bond acceptors (Lipinski definition) is 4. The van der Waals surface area contributed by atoms with E-state index in [1.54, 1.807) is 12.1 Å². The Balaban J connectivity index is 1.92. The Morgan fingerprint density at radius 3 is 2.44 bits per heavy atom. The minimum absolute atomic E-state index is 0.0388. The fourth-order valence-corrected chi connectivity index (χ4v) is 4.83. The Kier molecular flexibility index (Phi) is 4.99. The van der Waals surface area contributed by atoms with Gasteiger partial charge in [-0.3, -0.25) is 10.1 Å². The van der Waals surface area contributed by atoms with Crippen molar-refractivity contribution in [2.75, 3.05) is 19.0 Å². The van der Waals surface area contributed by atoms with Gasteiger partial charge >= 0.3 is 0 Å². The van der Waals surface area contributed by atoms with Gasteiger partial charge in [-0.05, 0) is 30.5 Å². The zero-order chi connectivity index (χ0) is 18.0. The molecule has 0 spiro atoms. The summed E-state index contributed by atoms with van der Waals surface area (Å²) < 4.78 is 13.2. The molecule has 0 saturated carbocycles. The van der Waals surface area contributed by atoms with Crippen LogP contribution in [0.15, 0.2) is 64.4 Å². The van der Waals surface area contributed by atoms with Crippen LogP contribution in [-0.2, 0) is 10.8 Å². The number of anilines is 1. The molecule has 5 nitrogen and oxygen atoms in total. The van der Waals surface area contributed by atoms with Crippen LogP contribution in [0.1, 0.15) is 24.3 Å². The maximum atomic E-state index is 13.2. The third kappa shape index (κ3) is 3.49. The van der Waals surface area contributed by atoms with E-state index >= 15 is 0 Å². The van der Waals surface area contributed by atoms with Gasteiger partial charge in [0.15, 0.2) is 0 Å². The molecule has 1 aliphatic carbocycles. The molecule has 0 heterocycles. The molecular weight excluding hydrogens is 336 g/mol. The topological polar surface area (TPSA) is 63.5 Å². The third-order valence-corrected chi connectivity index (χ3v) is 6.04. The fourth-order valence-electron chi connectivity index (χ4n) is 3.15. The molecule has 25 heavy (non-hydrogen) atoms. The summed E-state index contributed by atoms with van der Waals surface area (Å²) in [7, 11) is 2.62. The molecule has 0 aliphatic heterocycles. The van der Waals surface area contributed by atoms with Gasteiger partial charge in [0.2, 0.25) is 0 Å². The van der Waals surface area contributed by atoms with Crippen LogP contribution in [0.4, 0.5) is 11.4 Å². The Bertz CT molecular complexity index is 844. The van der Waals surface area contributed by atoms with Gasteiger partial charge in [0, 0.05) is 37.1 Å². The molecule has 2 aromatic rings. The summed E-state index contributed by atoms with van der Waals surface area (Å²) >= 11 is 0. The summed E-state index contributed by atoms with van der Waals surface area (Å²) in [6.07, 6.45) is 3.80. The van der Waals surface area contributed by atoms with E-state index in [0.717, 1.165) is 33.9 Å². The van der Waals surface area contributed by atoms with E-state index in [-0.39, 0.29) is 11.6 Å². The highest BCUT2D eigenvalue weighted by Gasteiger charge is 2.28. The van der Waals surface area contributed by atoms with Crippen LogP contribution < -0.4 is 4.90 Å². The number of nitro groups is 1. The number of rotatable bonds is 5. The van der Waals surface area contributed by atoms with Crippen molar-refractivity contribution in [3.63, 3.8) is 0 Å². The minimum atomic E-state index is -1.25. The molecule has 130 valence electrons. The second kappa shape index (κ2) is 7.19. The molecule has 0 amide bonds. The van der Waals surface area contributed by atoms with Crippen LogP contribution in [-0.4, -0.2) is 23.2 Å². The average Bonchev–Trinajstić information content (AvgIpc) is 3.10. The Labute approximate surface area is 149 Å². The smallest absolute Gasteiger partial charge is 0.269 e. The molecule has 1 unspecified atom stereocenters. The van der Waals surface area contributed by atoms with Gasteiger partial charge < -0.3 is 4.90 Å². The van der Waals surface area contributed by atoms with Gasteiger partial charge in [0.05, 0.1) is 26.3 Å². The standard InChI is InChI=1S/C19H20N2O3S/c1-20(2)17-7-3-4-8-19(17)25(24)18-9-5-6-16(18)14-10-12-15(13-11-14)21(22)23/h3-4,7-13,16H,5-6H2,1-2H3/t16-,25?/m0/s1. The highest BCUT2D eigenvalue weighted by atomic mass is 32.2. The number of nitro benzene ring substituents is 1. The van der Waals surface area contributed by atoms with Gasteiger partial charge in [0.1, 0.15) is 0 Å². The average molecular weight is 356 g/mol. The summed E-state index contributed by atoms with van der Waals surface area (Å²) in [4.78, 5) is 14.1. The molecule has 6 heteroatoms. The lowest BCUT2D eigenvalue weighted by Crippen LogP contribution is -2.13. The Morgan fingerprint density at radius 2 is 1.80 bits per heavy atom. The van der Waals surface area contributed by atoms with Crippen LogP contribution >= 0.6 is 0 Å². The van der Waals surface area contributed by atoms with Crippen molar-refractivity contribution in [2.45, 2.75) is 23.7 Å². The van der Waals surface area contributed by atoms with Crippen LogP contribution in [0.25, 0.3) is 0 Å². The summed E-state index contributed by atoms with van der Waals surface area (Å²) in [5.41, 5.74) is 1.99. The number of para-hydroxylation sites is 1. The van der Waals surface area contributed by atoms with Crippen molar-refractivity contribution in [1.82, 2.24) is 0 Å². The third-order valence-electron chi connectivity index (χ3n) is 4.41. The molecule has 2 aromatic carbocycles. The summed E-state index contributed by atoms with van der Waals surface area (Å²) in [6.45, 7) is 0. The van der Waals surface area contributed by atoms with Crippen molar-refractivity contribution in [1.29, 1.82) is 0 Å². The van der Waals surface area contributed by atoms with Gasteiger partial charge in [-0.2, -0.15) is 0 Å². The van der Waals surface area contributed by atoms with Crippen molar-refractivity contribution in [3.8, 4) is 0 Å². The number of allylic oxidation sites excluding steroid dienone is 2. The first kappa shape index (κ1) is 17.4. The maximum absolute atomic E-state index is 13.2. The van der Waals surface area contributed by atoms with Gasteiger partial charge in [0.25, 0.3) is 5.69 Å². The highest BCUT2D eigenvalue weighted by Crippen LogP contribution is 2.40. The van der Waals surface area contributed by atoms with Crippen molar-refractivity contribution < 1.29 is 9.13 Å². The Morgan fingerprint density at radius 1 is 1.12 bits per heavy atom. The van der Waals surface area contributed by atoms with Gasteiger partial charge in [-0.1, -0.05) is 30.3 Å². The van der Waals surface area contributed by atoms with Crippen LogP contribution in [0, 0.1) is 10.1 Å². The van der Waals surface area contributed by atoms with E-state index in [1.807, 2.05) is 43.3 Å².